The monoisotopic (exact) mass is 281 g/mol. The molecule has 0 aromatic heterocycles. The molecule has 0 unspecified atom stereocenters. The molecule has 0 N–H and O–H groups in total. The molecule has 0 radical (unpaired) electrons. The second-order valence-electron chi connectivity index (χ2n) is 4.84. The zero-order valence-electron chi connectivity index (χ0n) is 11.2. The number of fused-ring (bicyclic) bond motifs is 1. The van der Waals surface area contributed by atoms with Crippen LogP contribution in [-0.2, 0) is 23.7 Å². The summed E-state index contributed by atoms with van der Waals surface area (Å²) < 4.78 is 21.5. The fourth-order valence-corrected chi connectivity index (χ4v) is 2.16. The first-order chi connectivity index (χ1) is 9.48. The highest BCUT2D eigenvalue weighted by Crippen LogP contribution is 2.39. The Morgan fingerprint density at radius 3 is 2.95 bits per heavy atom. The van der Waals surface area contributed by atoms with E-state index in [2.05, 4.69) is 15.9 Å². The van der Waals surface area contributed by atoms with E-state index in [1.165, 1.54) is 0 Å². The number of carbonyl (C=O) groups excluding carboxylic acids is 1. The van der Waals surface area contributed by atoms with Crippen LogP contribution in [0.4, 0.5) is 0 Å². The average molecular weight is 281 g/mol. The van der Waals surface area contributed by atoms with Gasteiger partial charge in [-0.25, -0.2) is 4.79 Å². The molecule has 0 aliphatic carbocycles. The van der Waals surface area contributed by atoms with E-state index in [1.807, 2.05) is 0 Å². The third kappa shape index (κ3) is 2.86. The Bertz CT molecular complexity index is 480. The number of esters is 1. The largest absolute Gasteiger partial charge is 0.463 e. The molecule has 8 nitrogen and oxygen atoms in total. The van der Waals surface area contributed by atoms with Gasteiger partial charge in [0.15, 0.2) is 18.2 Å². The van der Waals surface area contributed by atoms with Gasteiger partial charge in [-0.2, -0.15) is 0 Å². The van der Waals surface area contributed by atoms with Crippen molar-refractivity contribution in [2.75, 3.05) is 6.61 Å². The zero-order chi connectivity index (χ0) is 14.8. The summed E-state index contributed by atoms with van der Waals surface area (Å²) in [7, 11) is 0. The number of hydrogen-bond acceptors (Lipinski definition) is 6. The van der Waals surface area contributed by atoms with Crippen molar-refractivity contribution >= 4 is 5.97 Å². The van der Waals surface area contributed by atoms with Gasteiger partial charge < -0.3 is 18.9 Å². The van der Waals surface area contributed by atoms with E-state index < -0.39 is 36.3 Å². The molecule has 108 valence electrons. The zero-order valence-corrected chi connectivity index (χ0v) is 11.2. The predicted octanol–water partition coefficient (Wildman–Crippen LogP) is 1.11. The lowest BCUT2D eigenvalue weighted by Gasteiger charge is -2.22. The van der Waals surface area contributed by atoms with E-state index in [-0.39, 0.29) is 6.61 Å². The molecule has 20 heavy (non-hydrogen) atoms. The van der Waals surface area contributed by atoms with E-state index in [0.29, 0.717) is 6.42 Å². The molecular weight excluding hydrogens is 266 g/mol. The average Bonchev–Trinajstić information content (AvgIpc) is 2.84. The third-order valence-corrected chi connectivity index (χ3v) is 2.92. The Labute approximate surface area is 115 Å². The van der Waals surface area contributed by atoms with Crippen LogP contribution in [0.5, 0.6) is 0 Å². The summed E-state index contributed by atoms with van der Waals surface area (Å²) in [5.41, 5.74) is 8.62. The maximum atomic E-state index is 11.9. The predicted molar refractivity (Wildman–Crippen MR) is 66.0 cm³/mol. The summed E-state index contributed by atoms with van der Waals surface area (Å²) in [4.78, 5) is 14.6. The summed E-state index contributed by atoms with van der Waals surface area (Å²) in [5, 5.41) is 3.57. The van der Waals surface area contributed by atoms with Gasteiger partial charge in [0.1, 0.15) is 18.8 Å². The van der Waals surface area contributed by atoms with Gasteiger partial charge in [0.25, 0.3) is 0 Å². The molecule has 2 aliphatic heterocycles. The maximum absolute atomic E-state index is 11.9. The number of hydrogen-bond donors (Lipinski definition) is 0. The summed E-state index contributed by atoms with van der Waals surface area (Å²) in [5.74, 6) is 0.859. The van der Waals surface area contributed by atoms with Crippen LogP contribution < -0.4 is 0 Å². The Hall–Kier alpha value is -1.78. The minimum absolute atomic E-state index is 0.0840. The molecule has 0 spiro atoms. The smallest absolute Gasteiger partial charge is 0.335 e. The van der Waals surface area contributed by atoms with Gasteiger partial charge in [-0.1, -0.05) is 5.11 Å². The number of terminal acetylenes is 1. The number of ether oxygens (including phenoxy) is 4. The van der Waals surface area contributed by atoms with Gasteiger partial charge in [0, 0.05) is 11.3 Å². The van der Waals surface area contributed by atoms with Crippen LogP contribution in [-0.4, -0.2) is 42.9 Å². The van der Waals surface area contributed by atoms with E-state index >= 15 is 0 Å². The molecule has 2 rings (SSSR count). The maximum Gasteiger partial charge on any atom is 0.335 e. The van der Waals surface area contributed by atoms with E-state index in [4.69, 9.17) is 30.9 Å². The molecule has 0 bridgehead atoms. The Morgan fingerprint density at radius 1 is 1.55 bits per heavy atom. The van der Waals surface area contributed by atoms with Crippen LogP contribution in [0.25, 0.3) is 10.4 Å². The van der Waals surface area contributed by atoms with Crippen molar-refractivity contribution in [2.24, 2.45) is 5.11 Å². The molecule has 4 atom stereocenters. The highest BCUT2D eigenvalue weighted by molar-refractivity contribution is 5.76. The van der Waals surface area contributed by atoms with Crippen LogP contribution in [0.2, 0.25) is 0 Å². The lowest BCUT2D eigenvalue weighted by atomic mass is 10.1. The summed E-state index contributed by atoms with van der Waals surface area (Å²) >= 11 is 0. The quantitative estimate of drug-likeness (QED) is 0.192. The topological polar surface area (TPSA) is 103 Å². The normalized spacial score (nSPS) is 33.9. The molecule has 0 aromatic rings. The number of azide groups is 1. The van der Waals surface area contributed by atoms with Crippen molar-refractivity contribution in [2.45, 2.75) is 50.6 Å². The van der Waals surface area contributed by atoms with Gasteiger partial charge in [0.2, 0.25) is 0 Å². The summed E-state index contributed by atoms with van der Waals surface area (Å²) in [6.07, 6.45) is 2.93. The molecule has 2 aliphatic rings. The molecule has 2 heterocycles. The molecule has 2 fully saturated rings. The van der Waals surface area contributed by atoms with Crippen molar-refractivity contribution in [3.8, 4) is 12.3 Å². The van der Waals surface area contributed by atoms with E-state index in [0.717, 1.165) is 0 Å². The molecule has 0 saturated carbocycles. The number of nitrogens with zero attached hydrogens (tertiary/aromatic N) is 3. The van der Waals surface area contributed by atoms with E-state index in [9.17, 15) is 4.79 Å². The van der Waals surface area contributed by atoms with Gasteiger partial charge in [-0.3, -0.25) is 0 Å². The van der Waals surface area contributed by atoms with Crippen molar-refractivity contribution in [1.29, 1.82) is 0 Å². The van der Waals surface area contributed by atoms with Crippen molar-refractivity contribution < 1.29 is 23.7 Å². The second-order valence-corrected chi connectivity index (χ2v) is 4.84. The van der Waals surface area contributed by atoms with Crippen LogP contribution in [0, 0.1) is 12.3 Å². The Balaban J connectivity index is 2.06. The molecule has 8 heteroatoms. The van der Waals surface area contributed by atoms with Gasteiger partial charge in [0.05, 0.1) is 0 Å². The fraction of sp³-hybridized carbons (Fsp3) is 0.750. The first-order valence-electron chi connectivity index (χ1n) is 6.14. The summed E-state index contributed by atoms with van der Waals surface area (Å²) in [6.45, 7) is 3.50. The van der Waals surface area contributed by atoms with Crippen LogP contribution in [0.1, 0.15) is 20.3 Å². The Morgan fingerprint density at radius 2 is 2.30 bits per heavy atom. The molecule has 0 aromatic carbocycles. The number of rotatable bonds is 4. The van der Waals surface area contributed by atoms with Crippen molar-refractivity contribution in [1.82, 2.24) is 0 Å². The van der Waals surface area contributed by atoms with Crippen LogP contribution >= 0.6 is 0 Å². The first kappa shape index (κ1) is 14.6. The van der Waals surface area contributed by atoms with Crippen LogP contribution in [0.3, 0.4) is 0 Å². The highest BCUT2D eigenvalue weighted by atomic mass is 16.8. The van der Waals surface area contributed by atoms with Crippen molar-refractivity contribution in [3.05, 3.63) is 10.4 Å². The lowest BCUT2D eigenvalue weighted by Crippen LogP contribution is -2.38. The number of carbonyl (C=O) groups is 1. The van der Waals surface area contributed by atoms with Crippen molar-refractivity contribution in [3.63, 3.8) is 0 Å². The standard InChI is InChI=1S/C12H15N3O5/c1-4-5-6-17-10(16)8-7(14-15-13)9-11(18-8)20-12(2,3)19-9/h1,7-9,11H,5-6H2,2-3H3/t7-,8-,9+,11+/m0/s1. The highest BCUT2D eigenvalue weighted by Gasteiger charge is 2.57. The second kappa shape index (κ2) is 5.69. The fourth-order valence-electron chi connectivity index (χ4n) is 2.16. The third-order valence-electron chi connectivity index (χ3n) is 2.92. The SMILES string of the molecule is C#CCCOC(=O)[C@H]1O[C@@H]2OC(C)(C)O[C@@H]2[C@H]1N=[N+]=[N-]. The van der Waals surface area contributed by atoms with Gasteiger partial charge >= 0.3 is 5.97 Å². The minimum atomic E-state index is -1.05. The van der Waals surface area contributed by atoms with E-state index in [1.54, 1.807) is 13.8 Å². The van der Waals surface area contributed by atoms with Crippen LogP contribution in [0.15, 0.2) is 5.11 Å². The summed E-state index contributed by atoms with van der Waals surface area (Å²) in [6, 6.07) is -0.829. The minimum Gasteiger partial charge on any atom is -0.463 e. The Kier molecular flexibility index (Phi) is 4.16. The lowest BCUT2D eigenvalue weighted by molar-refractivity contribution is -0.212. The first-order valence-corrected chi connectivity index (χ1v) is 6.14. The van der Waals surface area contributed by atoms with Gasteiger partial charge in [-0.15, -0.1) is 12.3 Å². The molecule has 0 amide bonds. The molecule has 2 saturated heterocycles. The molecular formula is C12H15N3O5. The van der Waals surface area contributed by atoms with Gasteiger partial charge in [-0.05, 0) is 19.4 Å².